The molecule has 0 unspecified atom stereocenters. The Kier molecular flexibility index (Phi) is 3.57. The first-order chi connectivity index (χ1) is 11.0. The summed E-state index contributed by atoms with van der Waals surface area (Å²) >= 11 is 0. The summed E-state index contributed by atoms with van der Waals surface area (Å²) in [5.74, 6) is -1.14. The van der Waals surface area contributed by atoms with Crippen molar-refractivity contribution in [2.45, 2.75) is 0 Å². The van der Waals surface area contributed by atoms with Gasteiger partial charge in [0.25, 0.3) is 0 Å². The van der Waals surface area contributed by atoms with E-state index in [1.807, 2.05) is 0 Å². The minimum Gasteiger partial charge on any atom is -0.476 e. The van der Waals surface area contributed by atoms with E-state index >= 15 is 0 Å². The number of amides is 2. The normalized spacial score (nSPS) is 15.2. The van der Waals surface area contributed by atoms with Gasteiger partial charge in [0.05, 0.1) is 6.54 Å². The van der Waals surface area contributed by atoms with E-state index in [-0.39, 0.29) is 30.6 Å². The van der Waals surface area contributed by atoms with Crippen LogP contribution in [0.15, 0.2) is 34.9 Å². The maximum Gasteiger partial charge on any atom is 0.358 e. The number of benzene rings is 1. The first kappa shape index (κ1) is 14.8. The van der Waals surface area contributed by atoms with Crippen molar-refractivity contribution in [2.24, 2.45) is 0 Å². The molecule has 0 spiro atoms. The van der Waals surface area contributed by atoms with Crippen molar-refractivity contribution in [3.8, 4) is 11.3 Å². The van der Waals surface area contributed by atoms with Crippen molar-refractivity contribution in [3.05, 3.63) is 36.0 Å². The van der Waals surface area contributed by atoms with Gasteiger partial charge in [-0.3, -0.25) is 9.59 Å². The highest BCUT2D eigenvalue weighted by atomic mass is 16.5. The number of piperazine rings is 1. The molecule has 0 saturated carbocycles. The van der Waals surface area contributed by atoms with Crippen molar-refractivity contribution in [3.63, 3.8) is 0 Å². The van der Waals surface area contributed by atoms with Crippen molar-refractivity contribution in [1.82, 2.24) is 10.1 Å². The van der Waals surface area contributed by atoms with Gasteiger partial charge in [-0.2, -0.15) is 0 Å². The Morgan fingerprint density at radius 3 is 2.48 bits per heavy atom. The van der Waals surface area contributed by atoms with Crippen molar-refractivity contribution in [1.29, 1.82) is 0 Å². The molecular formula is C15H13N3O5. The highest BCUT2D eigenvalue weighted by Crippen LogP contribution is 2.25. The van der Waals surface area contributed by atoms with E-state index in [0.29, 0.717) is 17.0 Å². The SMILES string of the molecule is CN1CC(=O)N(c2ccc(-c3cc(C(=O)O)no3)cc2)CC1=O. The summed E-state index contributed by atoms with van der Waals surface area (Å²) in [6.45, 7) is 0.0464. The topological polar surface area (TPSA) is 104 Å². The van der Waals surface area contributed by atoms with E-state index in [9.17, 15) is 14.4 Å². The van der Waals surface area contributed by atoms with Gasteiger partial charge in [-0.1, -0.05) is 5.16 Å². The molecule has 23 heavy (non-hydrogen) atoms. The Balaban J connectivity index is 1.83. The lowest BCUT2D eigenvalue weighted by Crippen LogP contribution is -2.52. The summed E-state index contributed by atoms with van der Waals surface area (Å²) in [5.41, 5.74) is 1.05. The molecule has 2 amide bonds. The third-order valence-corrected chi connectivity index (χ3v) is 3.59. The number of aromatic nitrogens is 1. The van der Waals surface area contributed by atoms with E-state index in [2.05, 4.69) is 5.16 Å². The van der Waals surface area contributed by atoms with Crippen molar-refractivity contribution < 1.29 is 24.0 Å². The maximum atomic E-state index is 12.0. The summed E-state index contributed by atoms with van der Waals surface area (Å²) in [5, 5.41) is 12.3. The number of carbonyl (C=O) groups is 3. The van der Waals surface area contributed by atoms with Gasteiger partial charge in [-0.25, -0.2) is 4.79 Å². The molecule has 0 bridgehead atoms. The lowest BCUT2D eigenvalue weighted by molar-refractivity contribution is -0.136. The third kappa shape index (κ3) is 2.78. The standard InChI is InChI=1S/C15H13N3O5/c1-17-7-14(20)18(8-13(17)19)10-4-2-9(3-5-10)12-6-11(15(21)22)16-23-12/h2-6H,7-8H2,1H3,(H,21,22). The highest BCUT2D eigenvalue weighted by Gasteiger charge is 2.28. The molecule has 2 aromatic rings. The monoisotopic (exact) mass is 315 g/mol. The Labute approximate surface area is 130 Å². The molecule has 1 saturated heterocycles. The molecule has 0 atom stereocenters. The molecule has 3 rings (SSSR count). The predicted molar refractivity (Wildman–Crippen MR) is 78.9 cm³/mol. The predicted octanol–water partition coefficient (Wildman–Crippen LogP) is 0.845. The molecule has 1 N–H and O–H groups in total. The van der Waals surface area contributed by atoms with E-state index in [0.717, 1.165) is 0 Å². The summed E-state index contributed by atoms with van der Waals surface area (Å²) in [4.78, 5) is 37.3. The molecule has 0 aliphatic carbocycles. The van der Waals surface area contributed by atoms with Crippen LogP contribution in [0.25, 0.3) is 11.3 Å². The fraction of sp³-hybridized carbons (Fsp3) is 0.200. The van der Waals surface area contributed by atoms with Gasteiger partial charge in [0, 0.05) is 24.4 Å². The van der Waals surface area contributed by atoms with Gasteiger partial charge in [0.2, 0.25) is 11.8 Å². The number of hydrogen-bond donors (Lipinski definition) is 1. The quantitative estimate of drug-likeness (QED) is 0.900. The number of carboxylic acids is 1. The minimum absolute atomic E-state index is 0.000149. The second-order valence-electron chi connectivity index (χ2n) is 5.16. The number of nitrogens with zero attached hydrogens (tertiary/aromatic N) is 3. The van der Waals surface area contributed by atoms with Gasteiger partial charge in [0.15, 0.2) is 11.5 Å². The lowest BCUT2D eigenvalue weighted by atomic mass is 10.1. The van der Waals surface area contributed by atoms with E-state index in [4.69, 9.17) is 9.63 Å². The minimum atomic E-state index is -1.17. The summed E-state index contributed by atoms with van der Waals surface area (Å²) < 4.78 is 4.98. The van der Waals surface area contributed by atoms with Crippen LogP contribution in [0.5, 0.6) is 0 Å². The van der Waals surface area contributed by atoms with Gasteiger partial charge in [0.1, 0.15) is 6.54 Å². The van der Waals surface area contributed by atoms with E-state index in [1.54, 1.807) is 31.3 Å². The zero-order valence-electron chi connectivity index (χ0n) is 12.2. The maximum absolute atomic E-state index is 12.0. The van der Waals surface area contributed by atoms with Gasteiger partial charge in [-0.15, -0.1) is 0 Å². The fourth-order valence-corrected chi connectivity index (χ4v) is 2.27. The molecule has 8 heteroatoms. The average Bonchev–Trinajstić information content (AvgIpc) is 3.01. The molecule has 1 aliphatic rings. The fourth-order valence-electron chi connectivity index (χ4n) is 2.27. The van der Waals surface area contributed by atoms with Gasteiger partial charge in [-0.05, 0) is 24.3 Å². The third-order valence-electron chi connectivity index (χ3n) is 3.59. The summed E-state index contributed by atoms with van der Waals surface area (Å²) in [6.07, 6.45) is 0. The summed E-state index contributed by atoms with van der Waals surface area (Å²) in [6, 6.07) is 8.03. The lowest BCUT2D eigenvalue weighted by Gasteiger charge is -2.31. The van der Waals surface area contributed by atoms with Crippen LogP contribution in [0, 0.1) is 0 Å². The van der Waals surface area contributed by atoms with Crippen molar-refractivity contribution >= 4 is 23.5 Å². The van der Waals surface area contributed by atoms with Crippen LogP contribution in [0.3, 0.4) is 0 Å². The Hall–Kier alpha value is -3.16. The number of anilines is 1. The Bertz CT molecular complexity index is 781. The van der Waals surface area contributed by atoms with Crippen LogP contribution in [0.4, 0.5) is 5.69 Å². The number of likely N-dealkylation sites (N-methyl/N-ethyl adjacent to an activating group) is 1. The number of carboxylic acid groups (broad SMARTS) is 1. The molecule has 1 aliphatic heterocycles. The number of rotatable bonds is 3. The van der Waals surface area contributed by atoms with Crippen LogP contribution < -0.4 is 4.90 Å². The Morgan fingerprint density at radius 2 is 1.87 bits per heavy atom. The smallest absolute Gasteiger partial charge is 0.358 e. The van der Waals surface area contributed by atoms with Crippen LogP contribution in [0.2, 0.25) is 0 Å². The molecule has 1 aromatic heterocycles. The van der Waals surface area contributed by atoms with Crippen LogP contribution in [-0.4, -0.2) is 53.1 Å². The molecule has 1 fully saturated rings. The van der Waals surface area contributed by atoms with E-state index in [1.165, 1.54) is 15.9 Å². The largest absolute Gasteiger partial charge is 0.476 e. The van der Waals surface area contributed by atoms with E-state index < -0.39 is 5.97 Å². The second-order valence-corrected chi connectivity index (χ2v) is 5.16. The summed E-state index contributed by atoms with van der Waals surface area (Å²) in [7, 11) is 1.59. The molecule has 0 radical (unpaired) electrons. The molecule has 118 valence electrons. The molecule has 8 nitrogen and oxygen atoms in total. The second kappa shape index (κ2) is 5.56. The molecule has 1 aromatic carbocycles. The van der Waals surface area contributed by atoms with Crippen LogP contribution in [0.1, 0.15) is 10.5 Å². The van der Waals surface area contributed by atoms with Gasteiger partial charge < -0.3 is 19.4 Å². The van der Waals surface area contributed by atoms with Crippen molar-refractivity contribution in [2.75, 3.05) is 25.0 Å². The molecule has 2 heterocycles. The van der Waals surface area contributed by atoms with Crippen LogP contribution in [-0.2, 0) is 9.59 Å². The number of hydrogen-bond acceptors (Lipinski definition) is 5. The van der Waals surface area contributed by atoms with Crippen LogP contribution >= 0.6 is 0 Å². The zero-order chi connectivity index (χ0) is 16.6. The zero-order valence-corrected chi connectivity index (χ0v) is 12.2. The van der Waals surface area contributed by atoms with Gasteiger partial charge >= 0.3 is 5.97 Å². The molecular weight excluding hydrogens is 302 g/mol. The average molecular weight is 315 g/mol. The first-order valence-corrected chi connectivity index (χ1v) is 6.80. The number of aromatic carboxylic acids is 1. The highest BCUT2D eigenvalue weighted by molar-refractivity contribution is 6.04. The number of carbonyl (C=O) groups excluding carboxylic acids is 2. The first-order valence-electron chi connectivity index (χ1n) is 6.80. The Morgan fingerprint density at radius 1 is 1.17 bits per heavy atom.